The summed E-state index contributed by atoms with van der Waals surface area (Å²) < 4.78 is 7.46. The second-order valence-corrected chi connectivity index (χ2v) is 8.64. The molecular weight excluding hydrogens is 408 g/mol. The molecule has 7 nitrogen and oxygen atoms in total. The fraction of sp³-hybridized carbons (Fsp3) is 0.261. The summed E-state index contributed by atoms with van der Waals surface area (Å²) in [6.07, 6.45) is 4.84. The van der Waals surface area contributed by atoms with Crippen LogP contribution in [0.3, 0.4) is 0 Å². The Morgan fingerprint density at radius 3 is 2.68 bits per heavy atom. The van der Waals surface area contributed by atoms with E-state index in [1.54, 1.807) is 30.8 Å². The molecule has 0 aliphatic carbocycles. The quantitative estimate of drug-likeness (QED) is 0.576. The lowest BCUT2D eigenvalue weighted by atomic mass is 10.1. The van der Waals surface area contributed by atoms with Crippen LogP contribution in [0.4, 0.5) is 11.4 Å². The Bertz CT molecular complexity index is 1300. The van der Waals surface area contributed by atoms with Gasteiger partial charge >= 0.3 is 0 Å². The highest BCUT2D eigenvalue weighted by atomic mass is 32.1. The molecule has 3 aromatic rings. The molecular formula is C23H22N6OS. The second-order valence-electron chi connectivity index (χ2n) is 7.43. The van der Waals surface area contributed by atoms with Crippen LogP contribution in [0.25, 0.3) is 11.1 Å². The number of methoxy groups -OCH3 is 1. The standard InChI is InChI=1S/C23H22N6OS/c1-12-6-16(14(3)29(12)23-18(9-25)13(2)15(4)31-23)7-17(8-24)22-27-19-10-26-11-20(30-5)21(19)28-22/h6-7,10-11,22,27-28H,1-5H3/b17-7+. The zero-order valence-electron chi connectivity index (χ0n) is 18.0. The first-order valence-electron chi connectivity index (χ1n) is 9.75. The Kier molecular flexibility index (Phi) is 5.18. The normalized spacial score (nSPS) is 14.9. The SMILES string of the molecule is COc1cncc2c1NC(/C(C#N)=C/c1cc(C)n(-c3sc(C)c(C)c3C#N)c1C)N2. The maximum Gasteiger partial charge on any atom is 0.162 e. The molecule has 4 heterocycles. The van der Waals surface area contributed by atoms with Gasteiger partial charge in [0.2, 0.25) is 0 Å². The number of nitrogens with zero attached hydrogens (tertiary/aromatic N) is 4. The molecule has 1 aliphatic rings. The summed E-state index contributed by atoms with van der Waals surface area (Å²) in [7, 11) is 1.59. The number of hydrogen-bond donors (Lipinski definition) is 2. The minimum absolute atomic E-state index is 0.387. The molecule has 1 unspecified atom stereocenters. The van der Waals surface area contributed by atoms with Crippen LogP contribution in [-0.4, -0.2) is 22.8 Å². The third-order valence-electron chi connectivity index (χ3n) is 5.62. The van der Waals surface area contributed by atoms with Crippen molar-refractivity contribution in [3.8, 4) is 22.9 Å². The molecule has 2 N–H and O–H groups in total. The van der Waals surface area contributed by atoms with Gasteiger partial charge in [0.1, 0.15) is 22.9 Å². The van der Waals surface area contributed by atoms with E-state index < -0.39 is 0 Å². The molecule has 3 aromatic heterocycles. The maximum atomic E-state index is 9.87. The van der Waals surface area contributed by atoms with Crippen LogP contribution in [0.5, 0.6) is 5.75 Å². The van der Waals surface area contributed by atoms with Gasteiger partial charge in [-0.3, -0.25) is 4.98 Å². The Balaban J connectivity index is 1.73. The van der Waals surface area contributed by atoms with Crippen LogP contribution in [0, 0.1) is 50.4 Å². The van der Waals surface area contributed by atoms with Crippen molar-refractivity contribution in [3.05, 3.63) is 57.0 Å². The third-order valence-corrected chi connectivity index (χ3v) is 6.82. The molecule has 156 valence electrons. The number of ether oxygens (including phenoxy) is 1. The van der Waals surface area contributed by atoms with Crippen LogP contribution in [0.1, 0.15) is 33.0 Å². The highest BCUT2D eigenvalue weighted by Gasteiger charge is 2.27. The lowest BCUT2D eigenvalue weighted by molar-refractivity contribution is 0.415. The van der Waals surface area contributed by atoms with Crippen molar-refractivity contribution in [1.29, 1.82) is 10.5 Å². The molecule has 4 rings (SSSR count). The van der Waals surface area contributed by atoms with Crippen molar-refractivity contribution in [2.75, 3.05) is 17.7 Å². The average molecular weight is 431 g/mol. The first kappa shape index (κ1) is 20.5. The third kappa shape index (κ3) is 3.31. The number of aromatic nitrogens is 2. The maximum absolute atomic E-state index is 9.87. The number of anilines is 2. The van der Waals surface area contributed by atoms with Gasteiger partial charge < -0.3 is 19.9 Å². The summed E-state index contributed by atoms with van der Waals surface area (Å²) in [4.78, 5) is 5.29. The summed E-state index contributed by atoms with van der Waals surface area (Å²) in [5.41, 5.74) is 6.78. The highest BCUT2D eigenvalue weighted by Crippen LogP contribution is 2.38. The molecule has 0 amide bonds. The molecule has 0 fully saturated rings. The summed E-state index contributed by atoms with van der Waals surface area (Å²) >= 11 is 1.62. The smallest absolute Gasteiger partial charge is 0.162 e. The first-order chi connectivity index (χ1) is 14.9. The van der Waals surface area contributed by atoms with Gasteiger partial charge in [-0.2, -0.15) is 10.5 Å². The van der Waals surface area contributed by atoms with E-state index in [0.29, 0.717) is 16.9 Å². The predicted molar refractivity (Wildman–Crippen MR) is 123 cm³/mol. The van der Waals surface area contributed by atoms with Gasteiger partial charge in [-0.1, -0.05) is 0 Å². The summed E-state index contributed by atoms with van der Waals surface area (Å²) in [5.74, 6) is 0.621. The van der Waals surface area contributed by atoms with Crippen LogP contribution in [-0.2, 0) is 0 Å². The summed E-state index contributed by atoms with van der Waals surface area (Å²) in [6.45, 7) is 8.04. The van der Waals surface area contributed by atoms with Gasteiger partial charge in [0.25, 0.3) is 0 Å². The molecule has 31 heavy (non-hydrogen) atoms. The predicted octanol–water partition coefficient (Wildman–Crippen LogP) is 4.82. The van der Waals surface area contributed by atoms with Crippen LogP contribution < -0.4 is 15.4 Å². The van der Waals surface area contributed by atoms with Crippen LogP contribution in [0.15, 0.2) is 24.0 Å². The largest absolute Gasteiger partial charge is 0.493 e. The van der Waals surface area contributed by atoms with E-state index in [0.717, 1.165) is 43.8 Å². The van der Waals surface area contributed by atoms with E-state index >= 15 is 0 Å². The minimum atomic E-state index is -0.387. The second kappa shape index (κ2) is 7.82. The molecule has 0 aromatic carbocycles. The minimum Gasteiger partial charge on any atom is -0.493 e. The molecule has 0 bridgehead atoms. The number of fused-ring (bicyclic) bond motifs is 1. The van der Waals surface area contributed by atoms with E-state index in [9.17, 15) is 10.5 Å². The number of pyridine rings is 1. The molecule has 0 saturated heterocycles. The molecule has 0 radical (unpaired) electrons. The zero-order valence-corrected chi connectivity index (χ0v) is 18.8. The van der Waals surface area contributed by atoms with Gasteiger partial charge in [0.05, 0.1) is 42.4 Å². The fourth-order valence-corrected chi connectivity index (χ4v) is 5.06. The number of nitrogens with one attached hydrogen (secondary N) is 2. The number of nitriles is 2. The van der Waals surface area contributed by atoms with Gasteiger partial charge in [0, 0.05) is 16.3 Å². The number of aryl methyl sites for hydroxylation is 2. The Labute approximate surface area is 185 Å². The van der Waals surface area contributed by atoms with Gasteiger partial charge in [-0.15, -0.1) is 11.3 Å². The lowest BCUT2D eigenvalue weighted by Crippen LogP contribution is -2.24. The topological polar surface area (TPSA) is 98.7 Å². The van der Waals surface area contributed by atoms with Crippen LogP contribution >= 0.6 is 11.3 Å². The van der Waals surface area contributed by atoms with Crippen molar-refractivity contribution in [3.63, 3.8) is 0 Å². The molecule has 0 spiro atoms. The van der Waals surface area contributed by atoms with Gasteiger partial charge in [-0.05, 0) is 51.0 Å². The Morgan fingerprint density at radius 1 is 1.23 bits per heavy atom. The summed E-state index contributed by atoms with van der Waals surface area (Å²) in [6, 6.07) is 6.70. The average Bonchev–Trinajstić information content (AvgIpc) is 3.39. The molecule has 8 heteroatoms. The van der Waals surface area contributed by atoms with Gasteiger partial charge in [-0.25, -0.2) is 0 Å². The van der Waals surface area contributed by atoms with Crippen molar-refractivity contribution in [1.82, 2.24) is 9.55 Å². The number of hydrogen-bond acceptors (Lipinski definition) is 7. The summed E-state index contributed by atoms with van der Waals surface area (Å²) in [5, 5.41) is 27.1. The van der Waals surface area contributed by atoms with Crippen molar-refractivity contribution < 1.29 is 4.74 Å². The molecule has 1 atom stereocenters. The Hall–Kier alpha value is -3.75. The fourth-order valence-electron chi connectivity index (χ4n) is 3.84. The van der Waals surface area contributed by atoms with Gasteiger partial charge in [0.15, 0.2) is 5.75 Å². The van der Waals surface area contributed by atoms with E-state index in [1.165, 1.54) is 0 Å². The number of rotatable bonds is 4. The first-order valence-corrected chi connectivity index (χ1v) is 10.6. The van der Waals surface area contributed by atoms with Crippen molar-refractivity contribution >= 4 is 28.8 Å². The highest BCUT2D eigenvalue weighted by molar-refractivity contribution is 7.14. The lowest BCUT2D eigenvalue weighted by Gasteiger charge is -2.12. The van der Waals surface area contributed by atoms with Crippen molar-refractivity contribution in [2.24, 2.45) is 0 Å². The van der Waals surface area contributed by atoms with Crippen LogP contribution in [0.2, 0.25) is 0 Å². The monoisotopic (exact) mass is 430 g/mol. The molecule has 1 aliphatic heterocycles. The Morgan fingerprint density at radius 2 is 2.00 bits per heavy atom. The van der Waals surface area contributed by atoms with E-state index in [-0.39, 0.29) is 6.17 Å². The molecule has 0 saturated carbocycles. The van der Waals surface area contributed by atoms with E-state index in [4.69, 9.17) is 4.74 Å². The zero-order chi connectivity index (χ0) is 22.3. The van der Waals surface area contributed by atoms with E-state index in [1.807, 2.05) is 39.8 Å². The number of thiophene rings is 1. The van der Waals surface area contributed by atoms with E-state index in [2.05, 4.69) is 32.3 Å². The van der Waals surface area contributed by atoms with Crippen molar-refractivity contribution in [2.45, 2.75) is 33.9 Å².